The first-order valence-electron chi connectivity index (χ1n) is 6.71. The Morgan fingerprint density at radius 1 is 1.42 bits per heavy atom. The van der Waals surface area contributed by atoms with Gasteiger partial charge in [0.2, 0.25) is 0 Å². The van der Waals surface area contributed by atoms with Crippen LogP contribution in [-0.4, -0.2) is 44.7 Å². The van der Waals surface area contributed by atoms with E-state index in [0.29, 0.717) is 12.6 Å². The van der Waals surface area contributed by atoms with Crippen molar-refractivity contribution in [1.29, 1.82) is 5.26 Å². The molecule has 0 saturated carbocycles. The highest BCUT2D eigenvalue weighted by Crippen LogP contribution is 2.24. The van der Waals surface area contributed by atoms with Crippen molar-refractivity contribution in [3.05, 3.63) is 24.3 Å². The topological polar surface area (TPSA) is 39.5 Å². The third-order valence-electron chi connectivity index (χ3n) is 3.78. The van der Waals surface area contributed by atoms with Crippen molar-refractivity contribution in [2.24, 2.45) is 0 Å². The van der Waals surface area contributed by atoms with Crippen molar-refractivity contribution >= 4 is 5.69 Å². The molecule has 1 aromatic carbocycles. The van der Waals surface area contributed by atoms with Crippen molar-refractivity contribution in [3.8, 4) is 11.8 Å². The summed E-state index contributed by atoms with van der Waals surface area (Å²) in [6.45, 7) is 2.58. The number of benzene rings is 1. The van der Waals surface area contributed by atoms with E-state index in [0.717, 1.165) is 18.8 Å². The lowest BCUT2D eigenvalue weighted by Crippen LogP contribution is -2.46. The van der Waals surface area contributed by atoms with Crippen molar-refractivity contribution < 1.29 is 4.74 Å². The van der Waals surface area contributed by atoms with Gasteiger partial charge < -0.3 is 9.64 Å². The zero-order valence-electron chi connectivity index (χ0n) is 11.7. The molecule has 19 heavy (non-hydrogen) atoms. The summed E-state index contributed by atoms with van der Waals surface area (Å²) in [5.74, 6) is 0.888. The molecule has 0 bridgehead atoms. The molecule has 1 saturated heterocycles. The third kappa shape index (κ3) is 3.39. The van der Waals surface area contributed by atoms with E-state index in [1.165, 1.54) is 18.5 Å². The zero-order chi connectivity index (χ0) is 13.7. The van der Waals surface area contributed by atoms with Crippen LogP contribution in [0.15, 0.2) is 24.3 Å². The number of hydrogen-bond donors (Lipinski definition) is 0. The quantitative estimate of drug-likeness (QED) is 0.776. The van der Waals surface area contributed by atoms with E-state index in [2.05, 4.69) is 28.0 Å². The summed E-state index contributed by atoms with van der Waals surface area (Å²) in [5, 5.41) is 8.79. The Balaban J connectivity index is 2.02. The smallest absolute Gasteiger partial charge is 0.119 e. The van der Waals surface area contributed by atoms with E-state index in [9.17, 15) is 0 Å². The average Bonchev–Trinajstić information content (AvgIpc) is 2.48. The van der Waals surface area contributed by atoms with Crippen LogP contribution in [-0.2, 0) is 0 Å². The van der Waals surface area contributed by atoms with Crippen LogP contribution in [0.3, 0.4) is 0 Å². The third-order valence-corrected chi connectivity index (χ3v) is 3.78. The Morgan fingerprint density at radius 3 is 2.79 bits per heavy atom. The zero-order valence-corrected chi connectivity index (χ0v) is 11.7. The number of hydrogen-bond acceptors (Lipinski definition) is 4. The molecule has 0 aliphatic carbocycles. The number of nitrogens with zero attached hydrogens (tertiary/aromatic N) is 3. The SMILES string of the molecule is COc1ccc(N2CCCC(N(C)CC#N)C2)cc1. The van der Waals surface area contributed by atoms with Gasteiger partial charge in [0, 0.05) is 24.8 Å². The van der Waals surface area contributed by atoms with Crippen LogP contribution in [0.1, 0.15) is 12.8 Å². The van der Waals surface area contributed by atoms with Crippen LogP contribution in [0, 0.1) is 11.3 Å². The number of likely N-dealkylation sites (N-methyl/N-ethyl adjacent to an activating group) is 1. The van der Waals surface area contributed by atoms with Gasteiger partial charge in [-0.05, 0) is 44.2 Å². The molecule has 0 spiro atoms. The molecule has 1 aromatic rings. The normalized spacial score (nSPS) is 19.3. The molecule has 4 nitrogen and oxygen atoms in total. The monoisotopic (exact) mass is 259 g/mol. The molecular weight excluding hydrogens is 238 g/mol. The second kappa shape index (κ2) is 6.44. The van der Waals surface area contributed by atoms with Gasteiger partial charge in [0.15, 0.2) is 0 Å². The second-order valence-electron chi connectivity index (χ2n) is 5.01. The molecule has 1 atom stereocenters. The maximum atomic E-state index is 8.79. The lowest BCUT2D eigenvalue weighted by molar-refractivity contribution is 0.238. The number of ether oxygens (including phenoxy) is 1. The molecule has 0 aromatic heterocycles. The fraction of sp³-hybridized carbons (Fsp3) is 0.533. The molecule has 102 valence electrons. The summed E-state index contributed by atoms with van der Waals surface area (Å²) in [6, 6.07) is 10.9. The molecule has 1 aliphatic heterocycles. The van der Waals surface area contributed by atoms with Gasteiger partial charge in [0.05, 0.1) is 19.7 Å². The summed E-state index contributed by atoms with van der Waals surface area (Å²) >= 11 is 0. The number of anilines is 1. The number of methoxy groups -OCH3 is 1. The Kier molecular flexibility index (Phi) is 4.64. The average molecular weight is 259 g/mol. The summed E-state index contributed by atoms with van der Waals surface area (Å²) < 4.78 is 5.19. The molecular formula is C15H21N3O. The highest BCUT2D eigenvalue weighted by Gasteiger charge is 2.23. The van der Waals surface area contributed by atoms with Crippen LogP contribution >= 0.6 is 0 Å². The van der Waals surface area contributed by atoms with E-state index in [4.69, 9.17) is 10.00 Å². The Bertz CT molecular complexity index is 438. The maximum Gasteiger partial charge on any atom is 0.119 e. The Hall–Kier alpha value is -1.73. The minimum Gasteiger partial charge on any atom is -0.497 e. The summed E-state index contributed by atoms with van der Waals surface area (Å²) in [6.07, 6.45) is 2.34. The first kappa shape index (κ1) is 13.7. The van der Waals surface area contributed by atoms with E-state index < -0.39 is 0 Å². The summed E-state index contributed by atoms with van der Waals surface area (Å²) in [5.41, 5.74) is 1.23. The molecule has 1 heterocycles. The number of piperidine rings is 1. The molecule has 1 aliphatic rings. The molecule has 0 amide bonds. The minimum absolute atomic E-state index is 0.468. The van der Waals surface area contributed by atoms with Crippen molar-refractivity contribution in [2.45, 2.75) is 18.9 Å². The van der Waals surface area contributed by atoms with Gasteiger partial charge >= 0.3 is 0 Å². The van der Waals surface area contributed by atoms with Crippen LogP contribution in [0.4, 0.5) is 5.69 Å². The van der Waals surface area contributed by atoms with E-state index in [1.54, 1.807) is 7.11 Å². The molecule has 2 rings (SSSR count). The first-order chi connectivity index (χ1) is 9.24. The van der Waals surface area contributed by atoms with Gasteiger partial charge in [0.25, 0.3) is 0 Å². The second-order valence-corrected chi connectivity index (χ2v) is 5.01. The minimum atomic E-state index is 0.468. The molecule has 0 N–H and O–H groups in total. The number of rotatable bonds is 4. The van der Waals surface area contributed by atoms with E-state index >= 15 is 0 Å². The van der Waals surface area contributed by atoms with Crippen molar-refractivity contribution in [1.82, 2.24) is 4.90 Å². The van der Waals surface area contributed by atoms with E-state index in [-0.39, 0.29) is 0 Å². The summed E-state index contributed by atoms with van der Waals surface area (Å²) in [7, 11) is 3.72. The molecule has 0 radical (unpaired) electrons. The molecule has 1 unspecified atom stereocenters. The Morgan fingerprint density at radius 2 is 2.16 bits per heavy atom. The van der Waals surface area contributed by atoms with Gasteiger partial charge in [-0.2, -0.15) is 5.26 Å². The van der Waals surface area contributed by atoms with E-state index in [1.807, 2.05) is 19.2 Å². The van der Waals surface area contributed by atoms with Crippen LogP contribution in [0.5, 0.6) is 5.75 Å². The molecule has 4 heteroatoms. The Labute approximate surface area is 115 Å². The fourth-order valence-corrected chi connectivity index (χ4v) is 2.58. The van der Waals surface area contributed by atoms with Crippen LogP contribution in [0.2, 0.25) is 0 Å². The van der Waals surface area contributed by atoms with Crippen LogP contribution < -0.4 is 9.64 Å². The largest absolute Gasteiger partial charge is 0.497 e. The highest BCUT2D eigenvalue weighted by molar-refractivity contribution is 5.49. The predicted octanol–water partition coefficient (Wildman–Crippen LogP) is 2.12. The predicted molar refractivity (Wildman–Crippen MR) is 76.5 cm³/mol. The van der Waals surface area contributed by atoms with Crippen molar-refractivity contribution in [2.75, 3.05) is 38.7 Å². The lowest BCUT2D eigenvalue weighted by Gasteiger charge is -2.38. The van der Waals surface area contributed by atoms with Gasteiger partial charge in [-0.15, -0.1) is 0 Å². The maximum absolute atomic E-state index is 8.79. The van der Waals surface area contributed by atoms with Gasteiger partial charge in [-0.3, -0.25) is 4.90 Å². The lowest BCUT2D eigenvalue weighted by atomic mass is 10.0. The van der Waals surface area contributed by atoms with Gasteiger partial charge in [-0.1, -0.05) is 0 Å². The standard InChI is InChI=1S/C15H21N3O/c1-17(11-9-16)14-4-3-10-18(12-14)13-5-7-15(19-2)8-6-13/h5-8,14H,3-4,10-12H2,1-2H3. The first-order valence-corrected chi connectivity index (χ1v) is 6.71. The summed E-state index contributed by atoms with van der Waals surface area (Å²) in [4.78, 5) is 4.54. The van der Waals surface area contributed by atoms with Crippen LogP contribution in [0.25, 0.3) is 0 Å². The van der Waals surface area contributed by atoms with Crippen molar-refractivity contribution in [3.63, 3.8) is 0 Å². The fourth-order valence-electron chi connectivity index (χ4n) is 2.58. The molecule has 1 fully saturated rings. The highest BCUT2D eigenvalue weighted by atomic mass is 16.5. The van der Waals surface area contributed by atoms with Gasteiger partial charge in [0.1, 0.15) is 5.75 Å². The number of nitriles is 1. The van der Waals surface area contributed by atoms with Gasteiger partial charge in [-0.25, -0.2) is 0 Å².